The Balaban J connectivity index is 1.66. The van der Waals surface area contributed by atoms with Gasteiger partial charge in [-0.25, -0.2) is 0 Å². The van der Waals surface area contributed by atoms with Crippen molar-refractivity contribution >= 4 is 11.8 Å². The largest absolute Gasteiger partial charge is 0.337 e. The first-order valence-electron chi connectivity index (χ1n) is 8.02. The van der Waals surface area contributed by atoms with Crippen molar-refractivity contribution in [2.75, 3.05) is 18.9 Å². The van der Waals surface area contributed by atoms with E-state index < -0.39 is 0 Å². The Labute approximate surface area is 146 Å². The number of rotatable bonds is 6. The standard InChI is InChI=1S/C19H20N4O2/c1-14-18(16-6-4-3-5-7-16)19(25-22-14)21-17(24)13-23(2)12-15-8-10-20-11-9-15/h3-11H,12-13H2,1-2H3,(H,21,24). The number of amides is 1. The second kappa shape index (κ2) is 7.72. The first-order valence-corrected chi connectivity index (χ1v) is 8.02. The van der Waals surface area contributed by atoms with E-state index in [1.54, 1.807) is 12.4 Å². The van der Waals surface area contributed by atoms with Crippen molar-refractivity contribution in [1.29, 1.82) is 0 Å². The summed E-state index contributed by atoms with van der Waals surface area (Å²) in [6, 6.07) is 13.6. The summed E-state index contributed by atoms with van der Waals surface area (Å²) in [6.45, 7) is 2.77. The van der Waals surface area contributed by atoms with E-state index in [0.29, 0.717) is 12.4 Å². The molecule has 25 heavy (non-hydrogen) atoms. The quantitative estimate of drug-likeness (QED) is 0.749. The molecule has 0 aliphatic rings. The van der Waals surface area contributed by atoms with Gasteiger partial charge in [-0.15, -0.1) is 0 Å². The van der Waals surface area contributed by atoms with Gasteiger partial charge < -0.3 is 4.52 Å². The maximum Gasteiger partial charge on any atom is 0.240 e. The molecule has 0 saturated heterocycles. The summed E-state index contributed by atoms with van der Waals surface area (Å²) >= 11 is 0. The number of benzene rings is 1. The first kappa shape index (κ1) is 16.9. The van der Waals surface area contributed by atoms with Crippen LogP contribution in [0.5, 0.6) is 0 Å². The zero-order chi connectivity index (χ0) is 17.6. The van der Waals surface area contributed by atoms with Crippen molar-refractivity contribution < 1.29 is 9.32 Å². The predicted molar refractivity (Wildman–Crippen MR) is 95.9 cm³/mol. The Morgan fingerprint density at radius 1 is 1.16 bits per heavy atom. The summed E-state index contributed by atoms with van der Waals surface area (Å²) in [5.74, 6) is 0.232. The van der Waals surface area contributed by atoms with Crippen molar-refractivity contribution in [3.8, 4) is 11.1 Å². The van der Waals surface area contributed by atoms with E-state index in [1.807, 2.05) is 61.3 Å². The highest BCUT2D eigenvalue weighted by molar-refractivity contribution is 5.95. The van der Waals surface area contributed by atoms with Crippen LogP contribution in [0, 0.1) is 6.92 Å². The molecule has 2 heterocycles. The monoisotopic (exact) mass is 336 g/mol. The lowest BCUT2D eigenvalue weighted by molar-refractivity contribution is -0.117. The van der Waals surface area contributed by atoms with E-state index >= 15 is 0 Å². The molecule has 1 aromatic carbocycles. The summed E-state index contributed by atoms with van der Waals surface area (Å²) < 4.78 is 5.31. The van der Waals surface area contributed by atoms with Gasteiger partial charge in [-0.1, -0.05) is 35.5 Å². The smallest absolute Gasteiger partial charge is 0.240 e. The fourth-order valence-corrected chi connectivity index (χ4v) is 2.67. The lowest BCUT2D eigenvalue weighted by atomic mass is 10.1. The normalized spacial score (nSPS) is 10.8. The fraction of sp³-hybridized carbons (Fsp3) is 0.211. The number of hydrogen-bond acceptors (Lipinski definition) is 5. The van der Waals surface area contributed by atoms with Crippen LogP contribution in [0.2, 0.25) is 0 Å². The molecule has 1 N–H and O–H groups in total. The zero-order valence-corrected chi connectivity index (χ0v) is 14.3. The van der Waals surface area contributed by atoms with E-state index in [4.69, 9.17) is 4.52 Å². The maximum atomic E-state index is 12.4. The molecular formula is C19H20N4O2. The lowest BCUT2D eigenvalue weighted by Gasteiger charge is -2.15. The predicted octanol–water partition coefficient (Wildman–Crippen LogP) is 3.12. The average Bonchev–Trinajstić information content (AvgIpc) is 2.96. The van der Waals surface area contributed by atoms with Gasteiger partial charge in [-0.3, -0.25) is 20.0 Å². The number of anilines is 1. The SMILES string of the molecule is Cc1noc(NC(=O)CN(C)Cc2ccncc2)c1-c1ccccc1. The first-order chi connectivity index (χ1) is 12.1. The average molecular weight is 336 g/mol. The van der Waals surface area contributed by atoms with Crippen molar-refractivity contribution in [3.05, 3.63) is 66.1 Å². The Bertz CT molecular complexity index is 831. The van der Waals surface area contributed by atoms with E-state index in [0.717, 1.165) is 22.4 Å². The van der Waals surface area contributed by atoms with Crippen LogP contribution >= 0.6 is 0 Å². The highest BCUT2D eigenvalue weighted by Gasteiger charge is 2.17. The number of nitrogens with zero attached hydrogens (tertiary/aromatic N) is 3. The van der Waals surface area contributed by atoms with E-state index in [1.165, 1.54) is 0 Å². The van der Waals surface area contributed by atoms with E-state index in [-0.39, 0.29) is 12.5 Å². The molecule has 1 amide bonds. The van der Waals surface area contributed by atoms with Gasteiger partial charge in [0.1, 0.15) is 0 Å². The molecule has 0 aliphatic carbocycles. The third-order valence-corrected chi connectivity index (χ3v) is 3.79. The molecular weight excluding hydrogens is 316 g/mol. The molecule has 2 aromatic heterocycles. The van der Waals surface area contributed by atoms with Gasteiger partial charge in [0.25, 0.3) is 0 Å². The molecule has 3 rings (SSSR count). The number of hydrogen-bond donors (Lipinski definition) is 1. The van der Waals surface area contributed by atoms with Gasteiger partial charge in [0.15, 0.2) is 0 Å². The lowest BCUT2D eigenvalue weighted by Crippen LogP contribution is -2.29. The van der Waals surface area contributed by atoms with Gasteiger partial charge in [0, 0.05) is 18.9 Å². The second-order valence-corrected chi connectivity index (χ2v) is 5.91. The van der Waals surface area contributed by atoms with Gasteiger partial charge in [0.2, 0.25) is 11.8 Å². The van der Waals surface area contributed by atoms with Crippen LogP contribution in [0.25, 0.3) is 11.1 Å². The van der Waals surface area contributed by atoms with Crippen LogP contribution in [0.4, 0.5) is 5.88 Å². The number of nitrogens with one attached hydrogen (secondary N) is 1. The Kier molecular flexibility index (Phi) is 5.20. The number of carbonyl (C=O) groups is 1. The molecule has 6 nitrogen and oxygen atoms in total. The molecule has 0 aliphatic heterocycles. The highest BCUT2D eigenvalue weighted by Crippen LogP contribution is 2.31. The van der Waals surface area contributed by atoms with Crippen molar-refractivity contribution in [3.63, 3.8) is 0 Å². The minimum atomic E-state index is -0.148. The second-order valence-electron chi connectivity index (χ2n) is 5.91. The highest BCUT2D eigenvalue weighted by atomic mass is 16.5. The van der Waals surface area contributed by atoms with Gasteiger partial charge in [-0.2, -0.15) is 0 Å². The zero-order valence-electron chi connectivity index (χ0n) is 14.3. The molecule has 0 unspecified atom stereocenters. The number of carbonyl (C=O) groups excluding carboxylic acids is 1. The summed E-state index contributed by atoms with van der Waals surface area (Å²) in [6.07, 6.45) is 3.49. The minimum Gasteiger partial charge on any atom is -0.337 e. The summed E-state index contributed by atoms with van der Waals surface area (Å²) in [4.78, 5) is 18.3. The van der Waals surface area contributed by atoms with E-state index in [9.17, 15) is 4.79 Å². The van der Waals surface area contributed by atoms with Crippen LogP contribution in [-0.4, -0.2) is 34.5 Å². The fourth-order valence-electron chi connectivity index (χ4n) is 2.67. The van der Waals surface area contributed by atoms with Gasteiger partial charge in [-0.05, 0) is 37.2 Å². The Morgan fingerprint density at radius 3 is 2.60 bits per heavy atom. The summed E-state index contributed by atoms with van der Waals surface area (Å²) in [5.41, 5.74) is 3.62. The third kappa shape index (κ3) is 4.30. The van der Waals surface area contributed by atoms with Crippen LogP contribution in [0.1, 0.15) is 11.3 Å². The Morgan fingerprint density at radius 2 is 1.88 bits per heavy atom. The topological polar surface area (TPSA) is 71.3 Å². The van der Waals surface area contributed by atoms with Crippen LogP contribution in [0.15, 0.2) is 59.4 Å². The van der Waals surface area contributed by atoms with Crippen molar-refractivity contribution in [1.82, 2.24) is 15.0 Å². The number of likely N-dealkylation sites (N-methyl/N-ethyl adjacent to an activating group) is 1. The van der Waals surface area contributed by atoms with Crippen molar-refractivity contribution in [2.24, 2.45) is 0 Å². The number of aryl methyl sites for hydroxylation is 1. The van der Waals surface area contributed by atoms with Crippen LogP contribution in [0.3, 0.4) is 0 Å². The molecule has 0 saturated carbocycles. The molecule has 6 heteroatoms. The molecule has 3 aromatic rings. The Hall–Kier alpha value is -2.99. The summed E-state index contributed by atoms with van der Waals surface area (Å²) in [5, 5.41) is 6.81. The van der Waals surface area contributed by atoms with Gasteiger partial charge >= 0.3 is 0 Å². The number of aromatic nitrogens is 2. The van der Waals surface area contributed by atoms with E-state index in [2.05, 4.69) is 15.5 Å². The number of pyridine rings is 1. The van der Waals surface area contributed by atoms with Crippen LogP contribution in [-0.2, 0) is 11.3 Å². The third-order valence-electron chi connectivity index (χ3n) is 3.79. The van der Waals surface area contributed by atoms with Crippen LogP contribution < -0.4 is 5.32 Å². The minimum absolute atomic E-state index is 0.148. The molecule has 0 spiro atoms. The molecule has 128 valence electrons. The van der Waals surface area contributed by atoms with Crippen molar-refractivity contribution in [2.45, 2.75) is 13.5 Å². The molecule has 0 atom stereocenters. The molecule has 0 bridgehead atoms. The summed E-state index contributed by atoms with van der Waals surface area (Å²) in [7, 11) is 1.89. The molecule has 0 radical (unpaired) electrons. The molecule has 0 fully saturated rings. The maximum absolute atomic E-state index is 12.4. The van der Waals surface area contributed by atoms with Gasteiger partial charge in [0.05, 0.1) is 17.8 Å².